The zero-order valence-electron chi connectivity index (χ0n) is 9.29. The first-order valence-corrected chi connectivity index (χ1v) is 5.38. The Morgan fingerprint density at radius 1 is 1.27 bits per heavy atom. The predicted octanol–water partition coefficient (Wildman–Crippen LogP) is 1.88. The van der Waals surface area contributed by atoms with Gasteiger partial charge in [0, 0.05) is 6.04 Å². The van der Waals surface area contributed by atoms with Crippen molar-refractivity contribution in [2.24, 2.45) is 11.8 Å². The first-order chi connectivity index (χ1) is 7.22. The summed E-state index contributed by atoms with van der Waals surface area (Å²) in [4.78, 5) is 0. The summed E-state index contributed by atoms with van der Waals surface area (Å²) >= 11 is 0. The lowest BCUT2D eigenvalue weighted by Gasteiger charge is -2.20. The van der Waals surface area contributed by atoms with Crippen molar-refractivity contribution in [3.05, 3.63) is 34.9 Å². The summed E-state index contributed by atoms with van der Waals surface area (Å²) in [7, 11) is 0. The number of nitrogens with two attached hydrogens (primary N) is 1. The van der Waals surface area contributed by atoms with E-state index in [0.29, 0.717) is 5.92 Å². The molecule has 1 aliphatic rings. The molecule has 1 unspecified atom stereocenters. The van der Waals surface area contributed by atoms with E-state index in [0.717, 1.165) is 13.2 Å². The average Bonchev–Trinajstić information content (AvgIpc) is 2.65. The predicted molar refractivity (Wildman–Crippen MR) is 59.8 cm³/mol. The number of hydrazine groups is 1. The lowest BCUT2D eigenvalue weighted by Crippen LogP contribution is -2.31. The summed E-state index contributed by atoms with van der Waals surface area (Å²) in [5, 5.41) is 0. The van der Waals surface area contributed by atoms with Crippen molar-refractivity contribution in [3.63, 3.8) is 0 Å². The van der Waals surface area contributed by atoms with Crippen LogP contribution in [0, 0.1) is 5.92 Å². The van der Waals surface area contributed by atoms with Gasteiger partial charge in [-0.15, -0.1) is 0 Å². The second-order valence-corrected chi connectivity index (χ2v) is 4.41. The van der Waals surface area contributed by atoms with Crippen LogP contribution >= 0.6 is 0 Å². The van der Waals surface area contributed by atoms with Crippen molar-refractivity contribution in [2.75, 3.05) is 0 Å². The molecule has 1 aliphatic heterocycles. The van der Waals surface area contributed by atoms with Crippen LogP contribution in [0.5, 0.6) is 0 Å². The molecule has 82 valence electrons. The molecule has 15 heavy (non-hydrogen) atoms. The lowest BCUT2D eigenvalue weighted by atomic mass is 9.94. The van der Waals surface area contributed by atoms with E-state index in [1.807, 2.05) is 0 Å². The highest BCUT2D eigenvalue weighted by atomic mass is 16.5. The van der Waals surface area contributed by atoms with Crippen LogP contribution < -0.4 is 11.3 Å². The van der Waals surface area contributed by atoms with E-state index in [4.69, 9.17) is 10.6 Å². The van der Waals surface area contributed by atoms with Gasteiger partial charge in [-0.1, -0.05) is 32.0 Å². The number of rotatable bonds is 3. The molecule has 0 saturated carbocycles. The number of hydrogen-bond acceptors (Lipinski definition) is 3. The van der Waals surface area contributed by atoms with E-state index in [1.54, 1.807) is 0 Å². The molecule has 1 heterocycles. The van der Waals surface area contributed by atoms with Crippen molar-refractivity contribution in [1.29, 1.82) is 0 Å². The molecule has 3 N–H and O–H groups in total. The quantitative estimate of drug-likeness (QED) is 0.586. The zero-order valence-corrected chi connectivity index (χ0v) is 9.29. The highest BCUT2D eigenvalue weighted by molar-refractivity contribution is 5.34. The Hall–Kier alpha value is -0.900. The van der Waals surface area contributed by atoms with E-state index in [1.165, 1.54) is 16.7 Å². The molecule has 1 aromatic rings. The Morgan fingerprint density at radius 2 is 2.00 bits per heavy atom. The minimum absolute atomic E-state index is 0.218. The van der Waals surface area contributed by atoms with Crippen LogP contribution in [0.4, 0.5) is 0 Å². The summed E-state index contributed by atoms with van der Waals surface area (Å²) in [5.41, 5.74) is 6.72. The standard InChI is InChI=1S/C12H18N2O/c1-8(2)12(14-13)9-3-4-10-6-15-7-11(10)5-9/h3-5,8,12,14H,6-7,13H2,1-2H3. The molecule has 0 fully saturated rings. The summed E-state index contributed by atoms with van der Waals surface area (Å²) in [6.45, 7) is 5.80. The molecule has 0 amide bonds. The van der Waals surface area contributed by atoms with Crippen molar-refractivity contribution in [3.8, 4) is 0 Å². The van der Waals surface area contributed by atoms with Gasteiger partial charge in [0.15, 0.2) is 0 Å². The maximum Gasteiger partial charge on any atom is 0.0725 e. The second kappa shape index (κ2) is 4.31. The van der Waals surface area contributed by atoms with Gasteiger partial charge in [-0.2, -0.15) is 0 Å². The minimum Gasteiger partial charge on any atom is -0.372 e. The molecule has 0 saturated heterocycles. The molecule has 0 radical (unpaired) electrons. The smallest absolute Gasteiger partial charge is 0.0725 e. The third-order valence-electron chi connectivity index (χ3n) is 2.95. The number of hydrogen-bond donors (Lipinski definition) is 2. The van der Waals surface area contributed by atoms with Crippen LogP contribution in [0.2, 0.25) is 0 Å². The molecule has 0 bridgehead atoms. The van der Waals surface area contributed by atoms with Crippen molar-refractivity contribution < 1.29 is 4.74 Å². The zero-order chi connectivity index (χ0) is 10.8. The molecule has 0 spiro atoms. The van der Waals surface area contributed by atoms with E-state index >= 15 is 0 Å². The maximum absolute atomic E-state index is 5.57. The van der Waals surface area contributed by atoms with Gasteiger partial charge < -0.3 is 4.74 Å². The SMILES string of the molecule is CC(C)C(NN)c1ccc2c(c1)COC2. The number of nitrogens with one attached hydrogen (secondary N) is 1. The highest BCUT2D eigenvalue weighted by Crippen LogP contribution is 2.26. The summed E-state index contributed by atoms with van der Waals surface area (Å²) < 4.78 is 5.39. The fraction of sp³-hybridized carbons (Fsp3) is 0.500. The molecule has 0 aliphatic carbocycles. The van der Waals surface area contributed by atoms with Gasteiger partial charge in [0.1, 0.15) is 0 Å². The van der Waals surface area contributed by atoms with Gasteiger partial charge in [0.05, 0.1) is 13.2 Å². The van der Waals surface area contributed by atoms with Crippen LogP contribution in [-0.2, 0) is 18.0 Å². The molecule has 0 aromatic heterocycles. The third kappa shape index (κ3) is 2.04. The van der Waals surface area contributed by atoms with Crippen molar-refractivity contribution in [1.82, 2.24) is 5.43 Å². The summed E-state index contributed by atoms with van der Waals surface area (Å²) in [6.07, 6.45) is 0. The number of benzene rings is 1. The van der Waals surface area contributed by atoms with Crippen LogP contribution in [0.3, 0.4) is 0 Å². The van der Waals surface area contributed by atoms with Gasteiger partial charge >= 0.3 is 0 Å². The van der Waals surface area contributed by atoms with Gasteiger partial charge in [0.2, 0.25) is 0 Å². The van der Waals surface area contributed by atoms with E-state index < -0.39 is 0 Å². The van der Waals surface area contributed by atoms with Crippen LogP contribution in [0.15, 0.2) is 18.2 Å². The normalized spacial score (nSPS) is 16.8. The van der Waals surface area contributed by atoms with Crippen LogP contribution in [0.25, 0.3) is 0 Å². The fourth-order valence-electron chi connectivity index (χ4n) is 2.06. The van der Waals surface area contributed by atoms with Gasteiger partial charge in [-0.3, -0.25) is 11.3 Å². The average molecular weight is 206 g/mol. The van der Waals surface area contributed by atoms with Crippen LogP contribution in [-0.4, -0.2) is 0 Å². The molecule has 3 heteroatoms. The van der Waals surface area contributed by atoms with E-state index in [9.17, 15) is 0 Å². The van der Waals surface area contributed by atoms with Gasteiger partial charge in [-0.25, -0.2) is 0 Å². The van der Waals surface area contributed by atoms with E-state index in [2.05, 4.69) is 37.5 Å². The molecular formula is C12H18N2O. The molecular weight excluding hydrogens is 188 g/mol. The Bertz CT molecular complexity index is 349. The summed E-state index contributed by atoms with van der Waals surface area (Å²) in [6, 6.07) is 6.70. The van der Waals surface area contributed by atoms with Gasteiger partial charge in [0.25, 0.3) is 0 Å². The Labute approximate surface area is 90.6 Å². The third-order valence-corrected chi connectivity index (χ3v) is 2.95. The van der Waals surface area contributed by atoms with Crippen molar-refractivity contribution in [2.45, 2.75) is 33.1 Å². The highest BCUT2D eigenvalue weighted by Gasteiger charge is 2.17. The molecule has 1 atom stereocenters. The largest absolute Gasteiger partial charge is 0.372 e. The Balaban J connectivity index is 2.28. The second-order valence-electron chi connectivity index (χ2n) is 4.41. The van der Waals surface area contributed by atoms with Crippen molar-refractivity contribution >= 4 is 0 Å². The van der Waals surface area contributed by atoms with E-state index in [-0.39, 0.29) is 6.04 Å². The van der Waals surface area contributed by atoms with Gasteiger partial charge in [-0.05, 0) is 22.6 Å². The number of ether oxygens (including phenoxy) is 1. The molecule has 1 aromatic carbocycles. The first kappa shape index (κ1) is 10.6. The molecule has 3 nitrogen and oxygen atoms in total. The first-order valence-electron chi connectivity index (χ1n) is 5.38. The molecule has 2 rings (SSSR count). The minimum atomic E-state index is 0.218. The Morgan fingerprint density at radius 3 is 2.67 bits per heavy atom. The lowest BCUT2D eigenvalue weighted by molar-refractivity contribution is 0.134. The van der Waals surface area contributed by atoms with Crippen LogP contribution in [0.1, 0.15) is 36.6 Å². The Kier molecular flexibility index (Phi) is 3.05. The maximum atomic E-state index is 5.57. The number of fused-ring (bicyclic) bond motifs is 1. The summed E-state index contributed by atoms with van der Waals surface area (Å²) in [5.74, 6) is 6.05. The topological polar surface area (TPSA) is 47.3 Å². The fourth-order valence-corrected chi connectivity index (χ4v) is 2.06. The monoisotopic (exact) mass is 206 g/mol.